The van der Waals surface area contributed by atoms with E-state index in [0.29, 0.717) is 12.5 Å². The summed E-state index contributed by atoms with van der Waals surface area (Å²) in [6.45, 7) is 9.72. The molecule has 0 radical (unpaired) electrons. The van der Waals surface area contributed by atoms with Gasteiger partial charge in [-0.1, -0.05) is 69.7 Å². The largest absolute Gasteiger partial charge is 0.330 e. The number of nitrogens with zero attached hydrogens (tertiary/aromatic N) is 1. The Kier molecular flexibility index (Phi) is 6.20. The highest BCUT2D eigenvalue weighted by Crippen LogP contribution is 2.40. The Morgan fingerprint density at radius 2 is 1.78 bits per heavy atom. The molecule has 2 heteroatoms. The fourth-order valence-corrected chi connectivity index (χ4v) is 3.66. The van der Waals surface area contributed by atoms with E-state index in [1.165, 1.54) is 16.3 Å². The van der Waals surface area contributed by atoms with Gasteiger partial charge in [0.25, 0.3) is 0 Å². The average Bonchev–Trinajstić information content (AvgIpc) is 2.61. The second kappa shape index (κ2) is 7.94. The minimum atomic E-state index is 0.0407. The molecule has 2 atom stereocenters. The highest BCUT2D eigenvalue weighted by atomic mass is 15.1. The summed E-state index contributed by atoms with van der Waals surface area (Å²) in [7, 11) is 2.20. The van der Waals surface area contributed by atoms with Crippen molar-refractivity contribution < 1.29 is 0 Å². The molecule has 2 unspecified atom stereocenters. The van der Waals surface area contributed by atoms with E-state index >= 15 is 0 Å². The minimum absolute atomic E-state index is 0.0407. The van der Waals surface area contributed by atoms with Crippen LogP contribution in [0.4, 0.5) is 0 Å². The number of nitrogens with two attached hydrogens (primary N) is 1. The monoisotopic (exact) mass is 312 g/mol. The predicted molar refractivity (Wildman–Crippen MR) is 102 cm³/mol. The fraction of sp³-hybridized carbons (Fsp3) is 0.524. The van der Waals surface area contributed by atoms with Crippen LogP contribution in [0.15, 0.2) is 42.5 Å². The third kappa shape index (κ3) is 3.59. The van der Waals surface area contributed by atoms with Gasteiger partial charge in [0.15, 0.2) is 0 Å². The van der Waals surface area contributed by atoms with E-state index in [1.807, 2.05) is 0 Å². The lowest BCUT2D eigenvalue weighted by Gasteiger charge is -2.40. The number of rotatable bonds is 8. The molecule has 126 valence electrons. The first-order valence-corrected chi connectivity index (χ1v) is 8.95. The van der Waals surface area contributed by atoms with Crippen molar-refractivity contribution in [3.05, 3.63) is 48.0 Å². The van der Waals surface area contributed by atoms with Crippen molar-refractivity contribution >= 4 is 10.8 Å². The molecule has 0 bridgehead atoms. The molecule has 0 aromatic heterocycles. The van der Waals surface area contributed by atoms with Crippen LogP contribution in [-0.2, 0) is 5.41 Å². The maximum atomic E-state index is 6.42. The summed E-state index contributed by atoms with van der Waals surface area (Å²) < 4.78 is 0. The Labute approximate surface area is 141 Å². The second-order valence-electron chi connectivity index (χ2n) is 6.84. The van der Waals surface area contributed by atoms with E-state index in [0.717, 1.165) is 25.9 Å². The van der Waals surface area contributed by atoms with E-state index in [1.54, 1.807) is 0 Å². The molecule has 2 nitrogen and oxygen atoms in total. The third-order valence-electron chi connectivity index (χ3n) is 5.73. The molecule has 0 saturated heterocycles. The van der Waals surface area contributed by atoms with Crippen LogP contribution in [0.2, 0.25) is 0 Å². The highest BCUT2D eigenvalue weighted by Gasteiger charge is 2.36. The SMILES string of the molecule is CCC(C)C(CN)(CCN(C)CC)c1cccc2ccccc12. The van der Waals surface area contributed by atoms with Crippen LogP contribution >= 0.6 is 0 Å². The topological polar surface area (TPSA) is 29.3 Å². The zero-order valence-electron chi connectivity index (χ0n) is 15.2. The molecule has 0 amide bonds. The normalized spacial score (nSPS) is 15.7. The van der Waals surface area contributed by atoms with Crippen LogP contribution in [0.3, 0.4) is 0 Å². The summed E-state index contributed by atoms with van der Waals surface area (Å²) in [5, 5.41) is 2.68. The molecular weight excluding hydrogens is 280 g/mol. The Morgan fingerprint density at radius 1 is 1.09 bits per heavy atom. The fourth-order valence-electron chi connectivity index (χ4n) is 3.66. The molecule has 2 N–H and O–H groups in total. The summed E-state index contributed by atoms with van der Waals surface area (Å²) in [6.07, 6.45) is 2.26. The summed E-state index contributed by atoms with van der Waals surface area (Å²) in [5.74, 6) is 0.559. The number of fused-ring (bicyclic) bond motifs is 1. The van der Waals surface area contributed by atoms with Gasteiger partial charge in [0, 0.05) is 12.0 Å². The number of hydrogen-bond donors (Lipinski definition) is 1. The van der Waals surface area contributed by atoms with Crippen molar-refractivity contribution in [1.29, 1.82) is 0 Å². The molecule has 2 aromatic carbocycles. The molecule has 0 aliphatic heterocycles. The maximum Gasteiger partial charge on any atom is 0.0119 e. The smallest absolute Gasteiger partial charge is 0.0119 e. The van der Waals surface area contributed by atoms with Gasteiger partial charge in [0.1, 0.15) is 0 Å². The molecule has 0 aliphatic rings. The minimum Gasteiger partial charge on any atom is -0.330 e. The number of hydrogen-bond acceptors (Lipinski definition) is 2. The first kappa shape index (κ1) is 18.0. The van der Waals surface area contributed by atoms with Gasteiger partial charge in [-0.05, 0) is 48.8 Å². The summed E-state index contributed by atoms with van der Waals surface area (Å²) in [4.78, 5) is 2.39. The van der Waals surface area contributed by atoms with Crippen LogP contribution in [-0.4, -0.2) is 31.6 Å². The van der Waals surface area contributed by atoms with Crippen LogP contribution in [0.1, 0.15) is 39.2 Å². The molecule has 23 heavy (non-hydrogen) atoms. The predicted octanol–water partition coefficient (Wildman–Crippen LogP) is 4.42. The lowest BCUT2D eigenvalue weighted by molar-refractivity contribution is 0.225. The zero-order valence-corrected chi connectivity index (χ0v) is 15.2. The van der Waals surface area contributed by atoms with Gasteiger partial charge in [-0.25, -0.2) is 0 Å². The van der Waals surface area contributed by atoms with E-state index < -0.39 is 0 Å². The maximum absolute atomic E-state index is 6.42. The Bertz CT molecular complexity index is 617. The first-order valence-electron chi connectivity index (χ1n) is 8.95. The van der Waals surface area contributed by atoms with Crippen molar-refractivity contribution in [1.82, 2.24) is 4.90 Å². The Morgan fingerprint density at radius 3 is 2.43 bits per heavy atom. The average molecular weight is 313 g/mol. The van der Waals surface area contributed by atoms with Gasteiger partial charge >= 0.3 is 0 Å². The van der Waals surface area contributed by atoms with E-state index in [9.17, 15) is 0 Å². The standard InChI is InChI=1S/C21H32N2/c1-5-17(3)21(16-22,14-15-23(4)6-2)20-13-9-11-18-10-7-8-12-19(18)20/h7-13,17H,5-6,14-16,22H2,1-4H3. The second-order valence-corrected chi connectivity index (χ2v) is 6.84. The third-order valence-corrected chi connectivity index (χ3v) is 5.73. The summed E-state index contributed by atoms with van der Waals surface area (Å²) in [6, 6.07) is 15.4. The molecule has 2 rings (SSSR count). The molecule has 0 fully saturated rings. The molecule has 2 aromatic rings. The van der Waals surface area contributed by atoms with Crippen molar-refractivity contribution in [2.75, 3.05) is 26.7 Å². The molecule has 0 heterocycles. The molecule has 0 aliphatic carbocycles. The zero-order chi connectivity index (χ0) is 16.9. The van der Waals surface area contributed by atoms with E-state index in [-0.39, 0.29) is 5.41 Å². The lowest BCUT2D eigenvalue weighted by Crippen LogP contribution is -2.43. The summed E-state index contributed by atoms with van der Waals surface area (Å²) >= 11 is 0. The van der Waals surface area contributed by atoms with Gasteiger partial charge < -0.3 is 10.6 Å². The first-order chi connectivity index (χ1) is 11.1. The Balaban J connectivity index is 2.54. The van der Waals surface area contributed by atoms with Crippen molar-refractivity contribution in [2.24, 2.45) is 11.7 Å². The van der Waals surface area contributed by atoms with Gasteiger partial charge in [0.05, 0.1) is 0 Å². The van der Waals surface area contributed by atoms with E-state index in [2.05, 4.69) is 75.2 Å². The van der Waals surface area contributed by atoms with Crippen LogP contribution in [0.5, 0.6) is 0 Å². The van der Waals surface area contributed by atoms with Gasteiger partial charge in [-0.15, -0.1) is 0 Å². The van der Waals surface area contributed by atoms with Gasteiger partial charge in [-0.3, -0.25) is 0 Å². The molecule has 0 saturated carbocycles. The highest BCUT2D eigenvalue weighted by molar-refractivity contribution is 5.86. The van der Waals surface area contributed by atoms with Gasteiger partial charge in [0.2, 0.25) is 0 Å². The van der Waals surface area contributed by atoms with Crippen molar-refractivity contribution in [3.8, 4) is 0 Å². The summed E-state index contributed by atoms with van der Waals surface area (Å²) in [5.41, 5.74) is 7.88. The van der Waals surface area contributed by atoms with Crippen LogP contribution in [0, 0.1) is 5.92 Å². The Hall–Kier alpha value is -1.38. The quantitative estimate of drug-likeness (QED) is 0.781. The van der Waals surface area contributed by atoms with Crippen molar-refractivity contribution in [2.45, 2.75) is 39.0 Å². The van der Waals surface area contributed by atoms with Crippen molar-refractivity contribution in [3.63, 3.8) is 0 Å². The number of benzene rings is 2. The van der Waals surface area contributed by atoms with Crippen LogP contribution < -0.4 is 5.73 Å². The molecule has 0 spiro atoms. The lowest BCUT2D eigenvalue weighted by atomic mass is 9.66. The van der Waals surface area contributed by atoms with E-state index in [4.69, 9.17) is 5.73 Å². The van der Waals surface area contributed by atoms with Crippen LogP contribution in [0.25, 0.3) is 10.8 Å². The van der Waals surface area contributed by atoms with Gasteiger partial charge in [-0.2, -0.15) is 0 Å². The molecular formula is C21H32N2.